The topological polar surface area (TPSA) is 28.2 Å². The molecule has 0 bridgehead atoms. The first kappa shape index (κ1) is 16.4. The zero-order chi connectivity index (χ0) is 15.2. The maximum atomic E-state index is 4.68. The van der Waals surface area contributed by atoms with Crippen LogP contribution in [-0.2, 0) is 6.54 Å². The lowest BCUT2D eigenvalue weighted by molar-refractivity contribution is 0.0988. The van der Waals surface area contributed by atoms with E-state index in [2.05, 4.69) is 61.1 Å². The zero-order valence-corrected chi connectivity index (χ0v) is 14.1. The number of rotatable bonds is 6. The minimum absolute atomic E-state index is 0.635. The van der Waals surface area contributed by atoms with Crippen molar-refractivity contribution in [2.24, 2.45) is 5.92 Å². The van der Waals surface area contributed by atoms with Crippen molar-refractivity contribution in [3.8, 4) is 0 Å². The van der Waals surface area contributed by atoms with Crippen LogP contribution in [0.1, 0.15) is 51.4 Å². The SMILES string of the molecule is CCNC1CCC(C)CC1N(CC)Cc1cccc(C)n1. The molecule has 1 heterocycles. The molecule has 0 spiro atoms. The van der Waals surface area contributed by atoms with Crippen LogP contribution < -0.4 is 5.32 Å². The molecule has 3 atom stereocenters. The van der Waals surface area contributed by atoms with E-state index in [1.807, 2.05) is 0 Å². The monoisotopic (exact) mass is 289 g/mol. The maximum absolute atomic E-state index is 4.68. The minimum atomic E-state index is 0.635. The first-order valence-corrected chi connectivity index (χ1v) is 8.54. The Labute approximate surface area is 130 Å². The van der Waals surface area contributed by atoms with E-state index in [-0.39, 0.29) is 0 Å². The molecule has 1 saturated carbocycles. The standard InChI is InChI=1S/C18H31N3/c1-5-19-17-11-10-14(3)12-18(17)21(6-2)13-16-9-7-8-15(4)20-16/h7-9,14,17-19H,5-6,10-13H2,1-4H3. The quantitative estimate of drug-likeness (QED) is 0.870. The van der Waals surface area contributed by atoms with Crippen LogP contribution in [0.4, 0.5) is 0 Å². The highest BCUT2D eigenvalue weighted by Crippen LogP contribution is 2.28. The van der Waals surface area contributed by atoms with E-state index in [0.717, 1.165) is 31.2 Å². The van der Waals surface area contributed by atoms with Gasteiger partial charge in [0.25, 0.3) is 0 Å². The Hall–Kier alpha value is -0.930. The predicted octanol–water partition coefficient (Wildman–Crippen LogP) is 3.38. The number of pyridine rings is 1. The van der Waals surface area contributed by atoms with Gasteiger partial charge in [0.2, 0.25) is 0 Å². The summed E-state index contributed by atoms with van der Waals surface area (Å²) in [6.45, 7) is 12.1. The van der Waals surface area contributed by atoms with Gasteiger partial charge in [-0.25, -0.2) is 0 Å². The van der Waals surface area contributed by atoms with Crippen molar-refractivity contribution in [2.75, 3.05) is 13.1 Å². The smallest absolute Gasteiger partial charge is 0.0547 e. The van der Waals surface area contributed by atoms with Gasteiger partial charge in [0.1, 0.15) is 0 Å². The van der Waals surface area contributed by atoms with Gasteiger partial charge in [-0.05, 0) is 57.3 Å². The van der Waals surface area contributed by atoms with Gasteiger partial charge in [-0.15, -0.1) is 0 Å². The lowest BCUT2D eigenvalue weighted by atomic mass is 9.82. The fraction of sp³-hybridized carbons (Fsp3) is 0.722. The Morgan fingerprint density at radius 3 is 2.76 bits per heavy atom. The average Bonchev–Trinajstić information content (AvgIpc) is 2.47. The van der Waals surface area contributed by atoms with Crippen molar-refractivity contribution >= 4 is 0 Å². The van der Waals surface area contributed by atoms with E-state index >= 15 is 0 Å². The van der Waals surface area contributed by atoms with Crippen molar-refractivity contribution in [3.63, 3.8) is 0 Å². The molecule has 0 saturated heterocycles. The lowest BCUT2D eigenvalue weighted by Gasteiger charge is -2.42. The van der Waals surface area contributed by atoms with Crippen molar-refractivity contribution in [1.29, 1.82) is 0 Å². The normalized spacial score (nSPS) is 26.2. The molecule has 3 nitrogen and oxygen atoms in total. The molecular formula is C18H31N3. The average molecular weight is 289 g/mol. The first-order chi connectivity index (χ1) is 10.1. The van der Waals surface area contributed by atoms with Gasteiger partial charge in [0, 0.05) is 24.3 Å². The predicted molar refractivity (Wildman–Crippen MR) is 89.3 cm³/mol. The second-order valence-electron chi connectivity index (χ2n) is 6.48. The van der Waals surface area contributed by atoms with Gasteiger partial charge < -0.3 is 5.32 Å². The number of aryl methyl sites for hydroxylation is 1. The van der Waals surface area contributed by atoms with Crippen molar-refractivity contribution in [1.82, 2.24) is 15.2 Å². The zero-order valence-electron chi connectivity index (χ0n) is 14.1. The van der Waals surface area contributed by atoms with Gasteiger partial charge in [-0.1, -0.05) is 26.8 Å². The molecule has 3 heteroatoms. The highest BCUT2D eigenvalue weighted by molar-refractivity contribution is 5.10. The second kappa shape index (κ2) is 7.90. The number of hydrogen-bond acceptors (Lipinski definition) is 3. The van der Waals surface area contributed by atoms with Crippen LogP contribution in [0.3, 0.4) is 0 Å². The van der Waals surface area contributed by atoms with Gasteiger partial charge in [-0.3, -0.25) is 9.88 Å². The summed E-state index contributed by atoms with van der Waals surface area (Å²) < 4.78 is 0. The molecule has 1 aliphatic carbocycles. The van der Waals surface area contributed by atoms with Crippen LogP contribution in [-0.4, -0.2) is 35.1 Å². The molecule has 1 aliphatic rings. The van der Waals surface area contributed by atoms with E-state index in [1.54, 1.807) is 0 Å². The summed E-state index contributed by atoms with van der Waals surface area (Å²) >= 11 is 0. The largest absolute Gasteiger partial charge is 0.313 e. The summed E-state index contributed by atoms with van der Waals surface area (Å²) in [7, 11) is 0. The van der Waals surface area contributed by atoms with Crippen molar-refractivity contribution in [2.45, 2.75) is 65.6 Å². The van der Waals surface area contributed by atoms with Crippen molar-refractivity contribution in [3.05, 3.63) is 29.6 Å². The molecule has 1 N–H and O–H groups in total. The molecular weight excluding hydrogens is 258 g/mol. The summed E-state index contributed by atoms with van der Waals surface area (Å²) in [4.78, 5) is 7.30. The number of hydrogen-bond donors (Lipinski definition) is 1. The van der Waals surface area contributed by atoms with Gasteiger partial charge in [-0.2, -0.15) is 0 Å². The molecule has 0 aromatic carbocycles. The summed E-state index contributed by atoms with van der Waals surface area (Å²) in [6.07, 6.45) is 3.96. The Kier molecular flexibility index (Phi) is 6.19. The molecule has 118 valence electrons. The van der Waals surface area contributed by atoms with E-state index in [4.69, 9.17) is 0 Å². The summed E-state index contributed by atoms with van der Waals surface area (Å²) in [5.74, 6) is 0.837. The fourth-order valence-corrected chi connectivity index (χ4v) is 3.61. The molecule has 3 unspecified atom stereocenters. The molecule has 0 radical (unpaired) electrons. The molecule has 1 fully saturated rings. The van der Waals surface area contributed by atoms with Crippen LogP contribution in [0.2, 0.25) is 0 Å². The van der Waals surface area contributed by atoms with Crippen molar-refractivity contribution < 1.29 is 0 Å². The van der Waals surface area contributed by atoms with E-state index in [9.17, 15) is 0 Å². The molecule has 2 rings (SSSR count). The Morgan fingerprint density at radius 1 is 1.29 bits per heavy atom. The van der Waals surface area contributed by atoms with Gasteiger partial charge in [0.05, 0.1) is 5.69 Å². The van der Waals surface area contributed by atoms with Crippen LogP contribution in [0.15, 0.2) is 18.2 Å². The van der Waals surface area contributed by atoms with Crippen LogP contribution in [0.5, 0.6) is 0 Å². The number of aromatic nitrogens is 1. The van der Waals surface area contributed by atoms with Gasteiger partial charge in [0.15, 0.2) is 0 Å². The molecule has 0 amide bonds. The molecule has 1 aromatic rings. The Balaban J connectivity index is 2.09. The number of nitrogens with zero attached hydrogens (tertiary/aromatic N) is 2. The fourth-order valence-electron chi connectivity index (χ4n) is 3.61. The second-order valence-corrected chi connectivity index (χ2v) is 6.48. The highest BCUT2D eigenvalue weighted by Gasteiger charge is 2.31. The third kappa shape index (κ3) is 4.52. The van der Waals surface area contributed by atoms with E-state index < -0.39 is 0 Å². The summed E-state index contributed by atoms with van der Waals surface area (Å²) in [5, 5.41) is 3.70. The third-order valence-electron chi connectivity index (χ3n) is 4.73. The van der Waals surface area contributed by atoms with E-state index in [1.165, 1.54) is 25.0 Å². The molecule has 21 heavy (non-hydrogen) atoms. The minimum Gasteiger partial charge on any atom is -0.313 e. The highest BCUT2D eigenvalue weighted by atomic mass is 15.2. The molecule has 0 aliphatic heterocycles. The van der Waals surface area contributed by atoms with E-state index in [0.29, 0.717) is 12.1 Å². The third-order valence-corrected chi connectivity index (χ3v) is 4.73. The lowest BCUT2D eigenvalue weighted by Crippen LogP contribution is -2.52. The summed E-state index contributed by atoms with van der Waals surface area (Å²) in [5.41, 5.74) is 2.31. The van der Waals surface area contributed by atoms with Crippen LogP contribution >= 0.6 is 0 Å². The number of likely N-dealkylation sites (N-methyl/N-ethyl adjacent to an activating group) is 2. The van der Waals surface area contributed by atoms with Crippen LogP contribution in [0.25, 0.3) is 0 Å². The molecule has 1 aromatic heterocycles. The Bertz CT molecular complexity index is 432. The summed E-state index contributed by atoms with van der Waals surface area (Å²) in [6, 6.07) is 7.63. The van der Waals surface area contributed by atoms with Gasteiger partial charge >= 0.3 is 0 Å². The number of nitrogens with one attached hydrogen (secondary N) is 1. The maximum Gasteiger partial charge on any atom is 0.0547 e. The van der Waals surface area contributed by atoms with Crippen LogP contribution in [0, 0.1) is 12.8 Å². The Morgan fingerprint density at radius 2 is 2.10 bits per heavy atom. The first-order valence-electron chi connectivity index (χ1n) is 8.54.